The van der Waals surface area contributed by atoms with Gasteiger partial charge in [0.2, 0.25) is 11.7 Å². The van der Waals surface area contributed by atoms with Crippen LogP contribution in [0.2, 0.25) is 0 Å². The molecular weight excluding hydrogens is 540 g/mol. The zero-order valence-corrected chi connectivity index (χ0v) is 23.4. The number of Topliss-reactive ketones (excluding diaryl/α,β-unsaturated/α-hetero) is 1. The van der Waals surface area contributed by atoms with Crippen molar-refractivity contribution in [2.45, 2.75) is 38.9 Å². The Morgan fingerprint density at radius 3 is 2.61 bits per heavy atom. The van der Waals surface area contributed by atoms with E-state index in [1.807, 2.05) is 61.5 Å². The highest BCUT2D eigenvalue weighted by atomic mass is 32.1. The molecule has 0 radical (unpaired) electrons. The van der Waals surface area contributed by atoms with E-state index in [4.69, 9.17) is 11.5 Å². The summed E-state index contributed by atoms with van der Waals surface area (Å²) in [6.45, 7) is 2.31. The lowest BCUT2D eigenvalue weighted by Gasteiger charge is -2.19. The number of hydrogen-bond donors (Lipinski definition) is 4. The third kappa shape index (κ3) is 8.08. The fraction of sp³-hybridized carbons (Fsp3) is 0.241. The number of anilines is 1. The number of ketones is 1. The van der Waals surface area contributed by atoms with E-state index in [-0.39, 0.29) is 35.4 Å². The number of benzene rings is 2. The van der Waals surface area contributed by atoms with Crippen molar-refractivity contribution >= 4 is 34.7 Å². The third-order valence-electron chi connectivity index (χ3n) is 6.19. The summed E-state index contributed by atoms with van der Waals surface area (Å²) in [6.07, 6.45) is 3.76. The third-order valence-corrected chi connectivity index (χ3v) is 6.98. The maximum Gasteiger partial charge on any atom is 0.277 e. The van der Waals surface area contributed by atoms with Gasteiger partial charge in [-0.3, -0.25) is 23.9 Å². The van der Waals surface area contributed by atoms with Gasteiger partial charge in [-0.15, -0.1) is 11.3 Å². The lowest BCUT2D eigenvalue weighted by atomic mass is 10.1. The van der Waals surface area contributed by atoms with Gasteiger partial charge in [0.15, 0.2) is 11.0 Å². The Balaban J connectivity index is 1.60. The van der Waals surface area contributed by atoms with Gasteiger partial charge < -0.3 is 22.1 Å². The minimum atomic E-state index is -0.867. The summed E-state index contributed by atoms with van der Waals surface area (Å²) in [5.74, 6) is -0.539. The molecule has 11 nitrogen and oxygen atoms in total. The number of aryl methyl sites for hydroxylation is 1. The summed E-state index contributed by atoms with van der Waals surface area (Å²) in [5, 5.41) is 7.90. The summed E-state index contributed by atoms with van der Waals surface area (Å²) < 4.78 is 1.32. The number of carbonyl (C=O) groups excluding carboxylic acids is 2. The van der Waals surface area contributed by atoms with Crippen molar-refractivity contribution < 1.29 is 9.59 Å². The molecule has 0 saturated carbocycles. The molecule has 2 heterocycles. The highest BCUT2D eigenvalue weighted by Gasteiger charge is 2.25. The monoisotopic (exact) mass is 572 g/mol. The van der Waals surface area contributed by atoms with Crippen LogP contribution in [0.5, 0.6) is 0 Å². The van der Waals surface area contributed by atoms with Crippen molar-refractivity contribution in [3.63, 3.8) is 0 Å². The Kier molecular flexibility index (Phi) is 9.94. The van der Waals surface area contributed by atoms with Crippen molar-refractivity contribution in [2.24, 2.45) is 16.5 Å². The van der Waals surface area contributed by atoms with Crippen LogP contribution in [-0.2, 0) is 17.9 Å². The highest BCUT2D eigenvalue weighted by molar-refractivity contribution is 7.11. The Labute approximate surface area is 241 Å². The molecular formula is C29H32N8O3S. The van der Waals surface area contributed by atoms with E-state index in [0.29, 0.717) is 30.9 Å². The summed E-state index contributed by atoms with van der Waals surface area (Å²) in [4.78, 5) is 52.8. The maximum absolute atomic E-state index is 13.7. The number of aromatic nitrogens is 3. The number of carbonyl (C=O) groups is 2. The van der Waals surface area contributed by atoms with E-state index in [2.05, 4.69) is 25.6 Å². The molecule has 0 fully saturated rings. The predicted molar refractivity (Wildman–Crippen MR) is 161 cm³/mol. The van der Waals surface area contributed by atoms with E-state index < -0.39 is 17.5 Å². The van der Waals surface area contributed by atoms with Crippen LogP contribution in [0, 0.1) is 6.92 Å². The molecule has 1 atom stereocenters. The van der Waals surface area contributed by atoms with Gasteiger partial charge in [0.1, 0.15) is 18.1 Å². The Hall–Kier alpha value is -4.84. The van der Waals surface area contributed by atoms with Crippen molar-refractivity contribution in [1.82, 2.24) is 19.9 Å². The van der Waals surface area contributed by atoms with Crippen LogP contribution in [0.3, 0.4) is 0 Å². The van der Waals surface area contributed by atoms with Crippen molar-refractivity contribution in [3.05, 3.63) is 98.9 Å². The molecule has 212 valence electrons. The van der Waals surface area contributed by atoms with Gasteiger partial charge in [0.05, 0.1) is 12.2 Å². The molecule has 41 heavy (non-hydrogen) atoms. The van der Waals surface area contributed by atoms with Crippen LogP contribution < -0.4 is 27.7 Å². The van der Waals surface area contributed by atoms with Gasteiger partial charge in [0, 0.05) is 30.2 Å². The molecule has 0 saturated heterocycles. The number of nitrogens with zero attached hydrogens (tertiary/aromatic N) is 4. The normalized spacial score (nSPS) is 11.4. The molecule has 6 N–H and O–H groups in total. The average molecular weight is 573 g/mol. The second-order valence-corrected chi connectivity index (χ2v) is 10.3. The fourth-order valence-electron chi connectivity index (χ4n) is 4.22. The Bertz CT molecular complexity index is 1560. The Morgan fingerprint density at radius 1 is 1.10 bits per heavy atom. The first kappa shape index (κ1) is 29.2. The van der Waals surface area contributed by atoms with Crippen LogP contribution in [0.15, 0.2) is 82.2 Å². The molecule has 0 bridgehead atoms. The van der Waals surface area contributed by atoms with Crippen molar-refractivity contribution in [1.29, 1.82) is 0 Å². The molecule has 0 aliphatic heterocycles. The largest absolute Gasteiger partial charge is 0.375 e. The first-order chi connectivity index (χ1) is 19.8. The predicted octanol–water partition coefficient (Wildman–Crippen LogP) is 2.71. The second-order valence-electron chi connectivity index (χ2n) is 9.37. The molecule has 12 heteroatoms. The van der Waals surface area contributed by atoms with Crippen LogP contribution in [0.1, 0.15) is 33.8 Å². The van der Waals surface area contributed by atoms with E-state index >= 15 is 0 Å². The first-order valence-electron chi connectivity index (χ1n) is 13.0. The number of rotatable bonds is 13. The standard InChI is InChI=1S/C29H32N8O3S/c1-19-7-5-10-21(15-19)26-35-17-23(34-16-20-8-3-2-4-9-20)28(40)37(26)18-24(38)36-22(11-6-12-33-29(30)31)25(39)27-32-13-14-41-27/h2-5,7-10,13-15,17,22,34H,6,11-12,16,18H2,1H3,(H,36,38)(H4,30,31,33)/t22-/m0/s1. The van der Waals surface area contributed by atoms with Crippen LogP contribution in [0.4, 0.5) is 5.69 Å². The number of nitrogens with one attached hydrogen (secondary N) is 2. The van der Waals surface area contributed by atoms with E-state index in [1.54, 1.807) is 5.38 Å². The summed E-state index contributed by atoms with van der Waals surface area (Å²) in [7, 11) is 0. The summed E-state index contributed by atoms with van der Waals surface area (Å²) in [5.41, 5.74) is 13.3. The topological polar surface area (TPSA) is 170 Å². The van der Waals surface area contributed by atoms with E-state index in [1.165, 1.54) is 28.3 Å². The van der Waals surface area contributed by atoms with Crippen LogP contribution in [-0.4, -0.2) is 44.8 Å². The zero-order valence-electron chi connectivity index (χ0n) is 22.6. The van der Waals surface area contributed by atoms with Gasteiger partial charge >= 0.3 is 0 Å². The molecule has 0 aliphatic carbocycles. The minimum Gasteiger partial charge on any atom is -0.375 e. The van der Waals surface area contributed by atoms with Crippen LogP contribution in [0.25, 0.3) is 11.4 Å². The average Bonchev–Trinajstić information content (AvgIpc) is 3.50. The minimum absolute atomic E-state index is 0.0480. The van der Waals surface area contributed by atoms with Gasteiger partial charge in [-0.1, -0.05) is 54.1 Å². The van der Waals surface area contributed by atoms with Gasteiger partial charge in [-0.2, -0.15) is 0 Å². The smallest absolute Gasteiger partial charge is 0.277 e. The first-order valence-corrected chi connectivity index (χ1v) is 13.9. The summed E-state index contributed by atoms with van der Waals surface area (Å²) >= 11 is 1.19. The lowest BCUT2D eigenvalue weighted by molar-refractivity contribution is -0.122. The number of amides is 1. The highest BCUT2D eigenvalue weighted by Crippen LogP contribution is 2.19. The van der Waals surface area contributed by atoms with Gasteiger partial charge in [0.25, 0.3) is 5.56 Å². The van der Waals surface area contributed by atoms with Crippen LogP contribution >= 0.6 is 11.3 Å². The number of hydrogen-bond acceptors (Lipinski definition) is 8. The van der Waals surface area contributed by atoms with Crippen molar-refractivity contribution in [2.75, 3.05) is 11.9 Å². The van der Waals surface area contributed by atoms with E-state index in [0.717, 1.165) is 11.1 Å². The molecule has 4 rings (SSSR count). The van der Waals surface area contributed by atoms with Gasteiger partial charge in [-0.25, -0.2) is 9.97 Å². The number of nitrogens with two attached hydrogens (primary N) is 2. The molecule has 0 unspecified atom stereocenters. The van der Waals surface area contributed by atoms with Gasteiger partial charge in [-0.05, 0) is 31.4 Å². The molecule has 1 amide bonds. The molecule has 2 aromatic carbocycles. The second kappa shape index (κ2) is 14.0. The van der Waals surface area contributed by atoms with Crippen molar-refractivity contribution in [3.8, 4) is 11.4 Å². The summed E-state index contributed by atoms with van der Waals surface area (Å²) in [6, 6.07) is 16.3. The van der Waals surface area contributed by atoms with E-state index in [9.17, 15) is 14.4 Å². The zero-order chi connectivity index (χ0) is 29.2. The molecule has 0 aliphatic rings. The fourth-order valence-corrected chi connectivity index (χ4v) is 4.85. The maximum atomic E-state index is 13.7. The number of guanidine groups is 1. The molecule has 2 aromatic heterocycles. The number of aliphatic imine (C=N–C) groups is 1. The SMILES string of the molecule is Cc1cccc(-c2ncc(NCc3ccccc3)c(=O)n2CC(=O)N[C@@H](CCCN=C(N)N)C(=O)c2nccs2)c1. The quantitative estimate of drug-likeness (QED) is 0.0820. The number of thiazole rings is 1. The Morgan fingerprint density at radius 2 is 1.90 bits per heavy atom. The lowest BCUT2D eigenvalue weighted by Crippen LogP contribution is -2.44. The molecule has 0 spiro atoms. The molecule has 4 aromatic rings.